The zero-order chi connectivity index (χ0) is 19.6. The smallest absolute Gasteiger partial charge is 0.417 e. The number of carbonyl (C=O) groups is 2. The lowest BCUT2D eigenvalue weighted by molar-refractivity contribution is 0.0227. The summed E-state index contributed by atoms with van der Waals surface area (Å²) in [6, 6.07) is 15.4. The van der Waals surface area contributed by atoms with Crippen LogP contribution in [-0.2, 0) is 11.3 Å². The normalized spacial score (nSPS) is 11.4. The van der Waals surface area contributed by atoms with Gasteiger partial charge in [-0.1, -0.05) is 36.4 Å². The quantitative estimate of drug-likeness (QED) is 0.416. The van der Waals surface area contributed by atoms with Crippen LogP contribution in [-0.4, -0.2) is 22.5 Å². The lowest BCUT2D eigenvalue weighted by Crippen LogP contribution is -2.40. The van der Waals surface area contributed by atoms with Gasteiger partial charge in [0.1, 0.15) is 5.60 Å². The van der Waals surface area contributed by atoms with Crippen LogP contribution >= 0.6 is 33.9 Å². The third kappa shape index (κ3) is 4.68. The zero-order valence-corrected chi connectivity index (χ0v) is 18.3. The van der Waals surface area contributed by atoms with Gasteiger partial charge < -0.3 is 4.74 Å². The Morgan fingerprint density at radius 2 is 1.74 bits per heavy atom. The second kappa shape index (κ2) is 7.98. The maximum atomic E-state index is 13.3. The number of amides is 2. The van der Waals surface area contributed by atoms with Crippen LogP contribution in [0.4, 0.5) is 4.79 Å². The minimum Gasteiger partial charge on any atom is -0.443 e. The predicted octanol–water partition coefficient (Wildman–Crippen LogP) is 6.08. The van der Waals surface area contributed by atoms with Gasteiger partial charge in [-0.25, -0.2) is 9.69 Å². The summed E-state index contributed by atoms with van der Waals surface area (Å²) in [5.41, 5.74) is 0.736. The first-order valence-electron chi connectivity index (χ1n) is 8.51. The molecule has 0 aliphatic heterocycles. The van der Waals surface area contributed by atoms with E-state index in [1.165, 1.54) is 16.2 Å². The van der Waals surface area contributed by atoms with E-state index < -0.39 is 11.7 Å². The Hall–Kier alpha value is -1.93. The molecule has 4 nitrogen and oxygen atoms in total. The van der Waals surface area contributed by atoms with Gasteiger partial charge in [0, 0.05) is 19.0 Å². The Kier molecular flexibility index (Phi) is 5.86. The van der Waals surface area contributed by atoms with E-state index in [2.05, 4.69) is 22.6 Å². The van der Waals surface area contributed by atoms with Crippen molar-refractivity contribution in [2.45, 2.75) is 32.9 Å². The lowest BCUT2D eigenvalue weighted by Gasteiger charge is -2.26. The first-order chi connectivity index (χ1) is 12.8. The van der Waals surface area contributed by atoms with Crippen molar-refractivity contribution >= 4 is 56.0 Å². The molecule has 0 unspecified atom stereocenters. The molecule has 0 aliphatic rings. The topological polar surface area (TPSA) is 46.6 Å². The van der Waals surface area contributed by atoms with Gasteiger partial charge in [-0.05, 0) is 61.1 Å². The van der Waals surface area contributed by atoms with Crippen LogP contribution in [0.3, 0.4) is 0 Å². The van der Waals surface area contributed by atoms with Crippen LogP contribution in [0.1, 0.15) is 36.7 Å². The number of benzene rings is 2. The molecule has 2 aromatic carbocycles. The highest BCUT2D eigenvalue weighted by Crippen LogP contribution is 2.28. The Bertz CT molecular complexity index is 990. The van der Waals surface area contributed by atoms with Crippen LogP contribution in [0, 0.1) is 3.57 Å². The van der Waals surface area contributed by atoms with Crippen LogP contribution in [0.5, 0.6) is 0 Å². The molecule has 3 aromatic rings. The highest BCUT2D eigenvalue weighted by Gasteiger charge is 2.30. The molecule has 0 N–H and O–H groups in total. The van der Waals surface area contributed by atoms with E-state index in [1.54, 1.807) is 26.2 Å². The van der Waals surface area contributed by atoms with Gasteiger partial charge in [-0.3, -0.25) is 4.79 Å². The second-order valence-corrected chi connectivity index (χ2v) is 9.18. The first kappa shape index (κ1) is 19.8. The molecule has 3 rings (SSSR count). The summed E-state index contributed by atoms with van der Waals surface area (Å²) in [4.78, 5) is 27.3. The molecule has 0 saturated carbocycles. The summed E-state index contributed by atoms with van der Waals surface area (Å²) >= 11 is 3.70. The molecule has 0 radical (unpaired) electrons. The Balaban J connectivity index is 1.99. The maximum Gasteiger partial charge on any atom is 0.417 e. The average molecular weight is 493 g/mol. The number of halogens is 1. The van der Waals surface area contributed by atoms with Gasteiger partial charge in [0.05, 0.1) is 12.1 Å². The Labute approximate surface area is 176 Å². The van der Waals surface area contributed by atoms with Gasteiger partial charge in [0.2, 0.25) is 0 Å². The fourth-order valence-electron chi connectivity index (χ4n) is 2.62. The Morgan fingerprint density at radius 1 is 1.07 bits per heavy atom. The van der Waals surface area contributed by atoms with Crippen molar-refractivity contribution in [2.24, 2.45) is 0 Å². The number of hydrogen-bond acceptors (Lipinski definition) is 4. The maximum absolute atomic E-state index is 13.3. The first-order valence-corrected chi connectivity index (χ1v) is 10.5. The molecular weight excluding hydrogens is 473 g/mol. The predicted molar refractivity (Wildman–Crippen MR) is 117 cm³/mol. The number of thiophene rings is 1. The molecular formula is C21H20INO3S. The van der Waals surface area contributed by atoms with Crippen LogP contribution < -0.4 is 0 Å². The molecule has 1 heterocycles. The van der Waals surface area contributed by atoms with Crippen molar-refractivity contribution in [1.29, 1.82) is 0 Å². The van der Waals surface area contributed by atoms with Crippen molar-refractivity contribution in [2.75, 3.05) is 0 Å². The molecule has 6 heteroatoms. The standard InChI is InChI=1S/C21H20INO3S/c1-21(2,3)26-20(25)23(12-14-8-4-6-10-17(14)22)19(24)16-13-27-18-11-7-5-9-15(16)18/h4-11,13H,12H2,1-3H3. The van der Waals surface area contributed by atoms with Crippen molar-refractivity contribution in [3.05, 3.63) is 68.6 Å². The van der Waals surface area contributed by atoms with Crippen molar-refractivity contribution in [1.82, 2.24) is 4.90 Å². The summed E-state index contributed by atoms with van der Waals surface area (Å²) in [6.07, 6.45) is -0.637. The van der Waals surface area contributed by atoms with Gasteiger partial charge in [-0.2, -0.15) is 0 Å². The molecule has 0 bridgehead atoms. The molecule has 1 aromatic heterocycles. The summed E-state index contributed by atoms with van der Waals surface area (Å²) in [7, 11) is 0. The third-order valence-electron chi connectivity index (χ3n) is 3.86. The highest BCUT2D eigenvalue weighted by atomic mass is 127. The molecule has 140 valence electrons. The van der Waals surface area contributed by atoms with Gasteiger partial charge >= 0.3 is 6.09 Å². The number of carbonyl (C=O) groups excluding carboxylic acids is 2. The van der Waals surface area contributed by atoms with Gasteiger partial charge in [-0.15, -0.1) is 11.3 Å². The number of hydrogen-bond donors (Lipinski definition) is 0. The lowest BCUT2D eigenvalue weighted by atomic mass is 10.1. The number of imide groups is 1. The van der Waals surface area contributed by atoms with Crippen LogP contribution in [0.15, 0.2) is 53.9 Å². The van der Waals surface area contributed by atoms with E-state index in [0.29, 0.717) is 5.56 Å². The minimum absolute atomic E-state index is 0.164. The van der Waals surface area contributed by atoms with Crippen molar-refractivity contribution < 1.29 is 14.3 Å². The van der Waals surface area contributed by atoms with E-state index >= 15 is 0 Å². The van der Waals surface area contributed by atoms with E-state index in [9.17, 15) is 9.59 Å². The van der Waals surface area contributed by atoms with E-state index in [1.807, 2.05) is 48.5 Å². The monoisotopic (exact) mass is 493 g/mol. The Morgan fingerprint density at radius 3 is 2.44 bits per heavy atom. The second-order valence-electron chi connectivity index (χ2n) is 7.11. The third-order valence-corrected chi connectivity index (χ3v) is 5.87. The molecule has 27 heavy (non-hydrogen) atoms. The number of nitrogens with zero attached hydrogens (tertiary/aromatic N) is 1. The zero-order valence-electron chi connectivity index (χ0n) is 15.4. The van der Waals surface area contributed by atoms with Crippen LogP contribution in [0.2, 0.25) is 0 Å². The summed E-state index contributed by atoms with van der Waals surface area (Å²) < 4.78 is 7.52. The average Bonchev–Trinajstić information content (AvgIpc) is 3.03. The fourth-order valence-corrected chi connectivity index (χ4v) is 4.11. The van der Waals surface area contributed by atoms with Crippen molar-refractivity contribution in [3.63, 3.8) is 0 Å². The van der Waals surface area contributed by atoms with Gasteiger partial charge in [0.15, 0.2) is 0 Å². The van der Waals surface area contributed by atoms with Crippen molar-refractivity contribution in [3.8, 4) is 0 Å². The molecule has 2 amide bonds. The van der Waals surface area contributed by atoms with E-state index in [0.717, 1.165) is 19.2 Å². The molecule has 0 saturated heterocycles. The summed E-state index contributed by atoms with van der Waals surface area (Å²) in [6.45, 7) is 5.54. The van der Waals surface area contributed by atoms with Crippen LogP contribution in [0.25, 0.3) is 10.1 Å². The number of rotatable bonds is 3. The largest absolute Gasteiger partial charge is 0.443 e. The number of ether oxygens (including phenoxy) is 1. The molecule has 0 fully saturated rings. The van der Waals surface area contributed by atoms with Gasteiger partial charge in [0.25, 0.3) is 5.91 Å². The van der Waals surface area contributed by atoms with E-state index in [4.69, 9.17) is 4.74 Å². The SMILES string of the molecule is CC(C)(C)OC(=O)N(Cc1ccccc1I)C(=O)c1csc2ccccc12. The number of fused-ring (bicyclic) bond motifs is 1. The summed E-state index contributed by atoms with van der Waals surface area (Å²) in [5, 5.41) is 2.66. The fraction of sp³-hybridized carbons (Fsp3) is 0.238. The highest BCUT2D eigenvalue weighted by molar-refractivity contribution is 14.1. The van der Waals surface area contributed by atoms with E-state index in [-0.39, 0.29) is 12.5 Å². The molecule has 0 aliphatic carbocycles. The molecule has 0 spiro atoms. The summed E-state index contributed by atoms with van der Waals surface area (Å²) in [5.74, 6) is -0.346. The minimum atomic E-state index is -0.684. The molecule has 0 atom stereocenters.